The number of carboxylic acids is 1. The first-order chi connectivity index (χ1) is 10.5. The normalized spacial score (nSPS) is 12.6. The number of ether oxygens (including phenoxy) is 1. The highest BCUT2D eigenvalue weighted by Gasteiger charge is 2.21. The molecule has 0 aliphatic heterocycles. The summed E-state index contributed by atoms with van der Waals surface area (Å²) in [5.74, 6) is -1.40. The molecule has 0 fully saturated rings. The molecule has 0 bridgehead atoms. The lowest BCUT2D eigenvalue weighted by Gasteiger charge is -2.25. The predicted octanol–water partition coefficient (Wildman–Crippen LogP) is 2.85. The van der Waals surface area contributed by atoms with Crippen molar-refractivity contribution >= 4 is 17.8 Å². The molecule has 0 aliphatic rings. The summed E-state index contributed by atoms with van der Waals surface area (Å²) in [7, 11) is 0. The third-order valence-electron chi connectivity index (χ3n) is 3.22. The monoisotopic (exact) mass is 329 g/mol. The van der Waals surface area contributed by atoms with Gasteiger partial charge in [0.1, 0.15) is 12.1 Å². The molecule has 0 aromatic rings. The van der Waals surface area contributed by atoms with Gasteiger partial charge in [-0.3, -0.25) is 14.4 Å². The molecule has 23 heavy (non-hydrogen) atoms. The largest absolute Gasteiger partial charge is 0.480 e. The van der Waals surface area contributed by atoms with Crippen molar-refractivity contribution in [2.45, 2.75) is 72.3 Å². The van der Waals surface area contributed by atoms with Crippen LogP contribution in [0.15, 0.2) is 0 Å². The van der Waals surface area contributed by atoms with Crippen molar-refractivity contribution in [3.05, 3.63) is 0 Å². The second kappa shape index (κ2) is 10.2. The first-order valence-corrected chi connectivity index (χ1v) is 8.26. The Balaban J connectivity index is 4.42. The number of rotatable bonds is 10. The van der Waals surface area contributed by atoms with E-state index in [1.165, 1.54) is 4.90 Å². The van der Waals surface area contributed by atoms with Crippen LogP contribution in [-0.4, -0.2) is 46.5 Å². The minimum Gasteiger partial charge on any atom is -0.480 e. The van der Waals surface area contributed by atoms with Crippen LogP contribution < -0.4 is 0 Å². The van der Waals surface area contributed by atoms with Crippen LogP contribution in [0.2, 0.25) is 0 Å². The summed E-state index contributed by atoms with van der Waals surface area (Å²) in [5.41, 5.74) is -0.508. The molecule has 0 spiro atoms. The maximum absolute atomic E-state index is 12.1. The van der Waals surface area contributed by atoms with Gasteiger partial charge in [-0.15, -0.1) is 0 Å². The van der Waals surface area contributed by atoms with E-state index in [0.717, 1.165) is 12.8 Å². The maximum Gasteiger partial charge on any atom is 0.323 e. The lowest BCUT2D eigenvalue weighted by Crippen LogP contribution is -2.38. The van der Waals surface area contributed by atoms with Crippen LogP contribution in [0.5, 0.6) is 0 Å². The van der Waals surface area contributed by atoms with Gasteiger partial charge in [0, 0.05) is 19.4 Å². The van der Waals surface area contributed by atoms with Crippen LogP contribution in [0, 0.1) is 5.92 Å². The number of carbonyl (C=O) groups excluding carboxylic acids is 2. The fourth-order valence-corrected chi connectivity index (χ4v) is 2.13. The highest BCUT2D eigenvalue weighted by atomic mass is 16.6. The highest BCUT2D eigenvalue weighted by molar-refractivity contribution is 5.81. The van der Waals surface area contributed by atoms with Crippen molar-refractivity contribution in [1.82, 2.24) is 4.90 Å². The van der Waals surface area contributed by atoms with Crippen LogP contribution in [-0.2, 0) is 19.1 Å². The average molecular weight is 329 g/mol. The Hall–Kier alpha value is -1.59. The molecular formula is C17H31NO5. The Kier molecular flexibility index (Phi) is 9.53. The maximum atomic E-state index is 12.1. The summed E-state index contributed by atoms with van der Waals surface area (Å²) in [6.07, 6.45) is 2.83. The fourth-order valence-electron chi connectivity index (χ4n) is 2.13. The first-order valence-electron chi connectivity index (χ1n) is 8.26. The quantitative estimate of drug-likeness (QED) is 0.623. The van der Waals surface area contributed by atoms with Crippen LogP contribution in [0.3, 0.4) is 0 Å². The lowest BCUT2D eigenvalue weighted by atomic mass is 10.0. The second-order valence-corrected chi connectivity index (χ2v) is 7.00. The number of carboxylic acid groups (broad SMARTS) is 1. The Bertz CT molecular complexity index is 400. The molecule has 6 nitrogen and oxygen atoms in total. The van der Waals surface area contributed by atoms with Gasteiger partial charge in [0.2, 0.25) is 5.91 Å². The first kappa shape index (κ1) is 21.4. The van der Waals surface area contributed by atoms with Gasteiger partial charge in [-0.2, -0.15) is 0 Å². The topological polar surface area (TPSA) is 83.9 Å². The lowest BCUT2D eigenvalue weighted by molar-refractivity contribution is -0.155. The second-order valence-electron chi connectivity index (χ2n) is 7.00. The van der Waals surface area contributed by atoms with Crippen LogP contribution in [0.4, 0.5) is 0 Å². The van der Waals surface area contributed by atoms with E-state index in [4.69, 9.17) is 9.84 Å². The summed E-state index contributed by atoms with van der Waals surface area (Å²) >= 11 is 0. The Morgan fingerprint density at radius 3 is 2.26 bits per heavy atom. The van der Waals surface area contributed by atoms with Crippen molar-refractivity contribution < 1.29 is 24.2 Å². The van der Waals surface area contributed by atoms with Gasteiger partial charge in [-0.25, -0.2) is 0 Å². The molecule has 0 saturated carbocycles. The van der Waals surface area contributed by atoms with Gasteiger partial charge >= 0.3 is 11.9 Å². The van der Waals surface area contributed by atoms with Gasteiger partial charge in [-0.1, -0.05) is 20.3 Å². The fraction of sp³-hybridized carbons (Fsp3) is 0.824. The van der Waals surface area contributed by atoms with E-state index in [1.807, 2.05) is 34.6 Å². The Labute approximate surface area is 139 Å². The van der Waals surface area contributed by atoms with Crippen molar-refractivity contribution in [1.29, 1.82) is 0 Å². The molecule has 0 rings (SSSR count). The zero-order valence-electron chi connectivity index (χ0n) is 15.1. The summed E-state index contributed by atoms with van der Waals surface area (Å²) in [4.78, 5) is 36.1. The molecular weight excluding hydrogens is 298 g/mol. The van der Waals surface area contributed by atoms with E-state index in [9.17, 15) is 14.4 Å². The minimum atomic E-state index is -1.02. The molecule has 6 heteroatoms. The van der Waals surface area contributed by atoms with Crippen molar-refractivity contribution in [2.75, 3.05) is 13.1 Å². The van der Waals surface area contributed by atoms with E-state index in [-0.39, 0.29) is 30.8 Å². The third kappa shape index (κ3) is 11.6. The van der Waals surface area contributed by atoms with Crippen LogP contribution in [0.25, 0.3) is 0 Å². The van der Waals surface area contributed by atoms with Crippen molar-refractivity contribution in [2.24, 2.45) is 5.92 Å². The summed E-state index contributed by atoms with van der Waals surface area (Å²) in [6.45, 7) is 9.39. The Morgan fingerprint density at radius 2 is 1.78 bits per heavy atom. The van der Waals surface area contributed by atoms with Crippen molar-refractivity contribution in [3.8, 4) is 0 Å². The molecule has 0 unspecified atom stereocenters. The third-order valence-corrected chi connectivity index (χ3v) is 3.22. The zero-order chi connectivity index (χ0) is 18.0. The number of hydrogen-bond acceptors (Lipinski definition) is 4. The SMILES string of the molecule is CCCCC(=O)N(CC(=O)O)C[C@@H](C)CCC(=O)OC(C)(C)C. The zero-order valence-corrected chi connectivity index (χ0v) is 15.1. The number of unbranched alkanes of at least 4 members (excludes halogenated alkanes) is 1. The van der Waals surface area contributed by atoms with Crippen LogP contribution >= 0.6 is 0 Å². The van der Waals surface area contributed by atoms with E-state index in [0.29, 0.717) is 19.4 Å². The standard InChI is InChI=1S/C17H31NO5/c1-6-7-8-14(19)18(12-15(20)21)11-13(2)9-10-16(22)23-17(3,4)5/h13H,6-12H2,1-5H3,(H,20,21)/t13-/m0/s1. The molecule has 1 amide bonds. The Morgan fingerprint density at radius 1 is 1.17 bits per heavy atom. The number of esters is 1. The number of carbonyl (C=O) groups is 3. The number of hydrogen-bond donors (Lipinski definition) is 1. The van der Waals surface area contributed by atoms with Gasteiger partial charge in [0.15, 0.2) is 0 Å². The summed E-state index contributed by atoms with van der Waals surface area (Å²) in [6, 6.07) is 0. The molecule has 0 aromatic heterocycles. The highest BCUT2D eigenvalue weighted by Crippen LogP contribution is 2.14. The minimum absolute atomic E-state index is 0.0347. The number of aliphatic carboxylic acids is 1. The van der Waals surface area contributed by atoms with Gasteiger partial charge < -0.3 is 14.7 Å². The van der Waals surface area contributed by atoms with Gasteiger partial charge in [0.25, 0.3) is 0 Å². The summed E-state index contributed by atoms with van der Waals surface area (Å²) < 4.78 is 5.24. The smallest absolute Gasteiger partial charge is 0.323 e. The van der Waals surface area contributed by atoms with Gasteiger partial charge in [0.05, 0.1) is 0 Å². The number of amides is 1. The average Bonchev–Trinajstić information content (AvgIpc) is 2.39. The molecule has 0 aromatic carbocycles. The van der Waals surface area contributed by atoms with E-state index >= 15 is 0 Å². The molecule has 134 valence electrons. The molecule has 0 saturated heterocycles. The van der Waals surface area contributed by atoms with E-state index in [2.05, 4.69) is 0 Å². The predicted molar refractivity (Wildman–Crippen MR) is 88.0 cm³/mol. The summed E-state index contributed by atoms with van der Waals surface area (Å²) in [5, 5.41) is 8.95. The van der Waals surface area contributed by atoms with Gasteiger partial charge in [-0.05, 0) is 39.5 Å². The van der Waals surface area contributed by atoms with E-state index < -0.39 is 11.6 Å². The van der Waals surface area contributed by atoms with Crippen LogP contribution in [0.1, 0.15) is 66.7 Å². The molecule has 0 heterocycles. The van der Waals surface area contributed by atoms with Crippen molar-refractivity contribution in [3.63, 3.8) is 0 Å². The molecule has 1 atom stereocenters. The molecule has 0 radical (unpaired) electrons. The molecule has 0 aliphatic carbocycles. The number of nitrogens with zero attached hydrogens (tertiary/aromatic N) is 1. The molecule has 1 N–H and O–H groups in total. The van der Waals surface area contributed by atoms with E-state index in [1.54, 1.807) is 0 Å².